The van der Waals surface area contributed by atoms with Gasteiger partial charge in [0.1, 0.15) is 5.54 Å². The number of carbonyl (C=O) groups is 1. The van der Waals surface area contributed by atoms with Crippen molar-refractivity contribution >= 4 is 16.2 Å². The smallest absolute Gasteiger partial charge is 0.327 e. The summed E-state index contributed by atoms with van der Waals surface area (Å²) in [6.07, 6.45) is 6.53. The molecule has 0 radical (unpaired) electrons. The van der Waals surface area contributed by atoms with Gasteiger partial charge in [-0.2, -0.15) is 17.4 Å². The van der Waals surface area contributed by atoms with Crippen LogP contribution in [0.15, 0.2) is 0 Å². The fourth-order valence-electron chi connectivity index (χ4n) is 3.43. The van der Waals surface area contributed by atoms with Crippen molar-refractivity contribution in [1.82, 2.24) is 9.03 Å². The fourth-order valence-corrected chi connectivity index (χ4v) is 5.28. The van der Waals surface area contributed by atoms with E-state index in [1.165, 1.54) is 11.4 Å². The van der Waals surface area contributed by atoms with E-state index in [4.69, 9.17) is 4.74 Å². The molecule has 21 heavy (non-hydrogen) atoms. The monoisotopic (exact) mass is 318 g/mol. The Labute approximate surface area is 127 Å². The van der Waals surface area contributed by atoms with Crippen molar-refractivity contribution in [1.29, 1.82) is 0 Å². The number of carbonyl (C=O) groups excluding carboxylic acids is 1. The van der Waals surface area contributed by atoms with Crippen LogP contribution < -0.4 is 4.72 Å². The van der Waals surface area contributed by atoms with Crippen LogP contribution in [0, 0.1) is 0 Å². The summed E-state index contributed by atoms with van der Waals surface area (Å²) in [5, 5.41) is 0. The summed E-state index contributed by atoms with van der Waals surface area (Å²) in [6.45, 7) is 2.44. The van der Waals surface area contributed by atoms with E-state index in [1.54, 1.807) is 0 Å². The molecule has 0 unspecified atom stereocenters. The summed E-state index contributed by atoms with van der Waals surface area (Å²) >= 11 is 0. The van der Waals surface area contributed by atoms with E-state index >= 15 is 0 Å². The molecule has 2 aliphatic rings. The number of hydrogen-bond acceptors (Lipinski definition) is 4. The lowest BCUT2D eigenvalue weighted by atomic mass is 9.83. The van der Waals surface area contributed by atoms with E-state index in [2.05, 4.69) is 4.72 Å². The molecular formula is C14H26N2O4S. The largest absolute Gasteiger partial charge is 0.468 e. The van der Waals surface area contributed by atoms with Gasteiger partial charge in [-0.25, -0.2) is 0 Å². The molecule has 7 heteroatoms. The highest BCUT2D eigenvalue weighted by Gasteiger charge is 2.45. The molecule has 0 amide bonds. The highest BCUT2D eigenvalue weighted by atomic mass is 32.2. The first-order valence-electron chi connectivity index (χ1n) is 7.80. The molecule has 1 atom stereocenters. The maximum absolute atomic E-state index is 12.7. The predicted octanol–water partition coefficient (Wildman–Crippen LogP) is 1.57. The number of nitrogens with zero attached hydrogens (tertiary/aromatic N) is 1. The van der Waals surface area contributed by atoms with Gasteiger partial charge in [0.25, 0.3) is 10.2 Å². The normalized spacial score (nSPS) is 27.2. The average Bonchev–Trinajstić information content (AvgIpc) is 2.47. The Bertz CT molecular complexity index is 471. The first kappa shape index (κ1) is 16.7. The van der Waals surface area contributed by atoms with Gasteiger partial charge in [-0.05, 0) is 32.6 Å². The molecule has 1 aliphatic heterocycles. The quantitative estimate of drug-likeness (QED) is 0.798. The minimum absolute atomic E-state index is 0.0189. The van der Waals surface area contributed by atoms with Gasteiger partial charge in [-0.3, -0.25) is 4.79 Å². The second-order valence-electron chi connectivity index (χ2n) is 6.20. The van der Waals surface area contributed by atoms with E-state index in [-0.39, 0.29) is 6.04 Å². The van der Waals surface area contributed by atoms with E-state index in [0.717, 1.165) is 38.5 Å². The van der Waals surface area contributed by atoms with Crippen molar-refractivity contribution in [2.24, 2.45) is 0 Å². The standard InChI is InChI=1S/C14H26N2O4S/c1-12-8-4-7-11-16(12)21(18,19)15-14(13(17)20-2)9-5-3-6-10-14/h12,15H,3-11H2,1-2H3/t12-/m0/s1. The molecule has 2 rings (SSSR count). The Morgan fingerprint density at radius 1 is 1.19 bits per heavy atom. The molecule has 122 valence electrons. The molecule has 0 aromatic heterocycles. The number of piperidine rings is 1. The van der Waals surface area contributed by atoms with Crippen molar-refractivity contribution in [3.63, 3.8) is 0 Å². The molecule has 6 nitrogen and oxygen atoms in total. The van der Waals surface area contributed by atoms with Crippen LogP contribution in [-0.4, -0.2) is 43.9 Å². The van der Waals surface area contributed by atoms with Crippen molar-refractivity contribution < 1.29 is 17.9 Å². The van der Waals surface area contributed by atoms with Gasteiger partial charge in [-0.1, -0.05) is 25.7 Å². The Morgan fingerprint density at radius 2 is 1.86 bits per heavy atom. The van der Waals surface area contributed by atoms with Gasteiger partial charge >= 0.3 is 5.97 Å². The zero-order valence-corrected chi connectivity index (χ0v) is 13.7. The summed E-state index contributed by atoms with van der Waals surface area (Å²) in [5.41, 5.74) is -1.08. The second-order valence-corrected chi connectivity index (χ2v) is 7.82. The molecule has 2 fully saturated rings. The first-order valence-corrected chi connectivity index (χ1v) is 9.24. The summed E-state index contributed by atoms with van der Waals surface area (Å²) in [7, 11) is -2.35. The minimum atomic E-state index is -3.66. The average molecular weight is 318 g/mol. The highest BCUT2D eigenvalue weighted by molar-refractivity contribution is 7.87. The van der Waals surface area contributed by atoms with Gasteiger partial charge in [0.05, 0.1) is 7.11 Å². The van der Waals surface area contributed by atoms with E-state index in [0.29, 0.717) is 19.4 Å². The number of rotatable bonds is 4. The Kier molecular flexibility index (Phi) is 5.27. The number of nitrogens with one attached hydrogen (secondary N) is 1. The maximum Gasteiger partial charge on any atom is 0.327 e. The van der Waals surface area contributed by atoms with Gasteiger partial charge in [0.2, 0.25) is 0 Å². The second kappa shape index (κ2) is 6.62. The topological polar surface area (TPSA) is 75.7 Å². The fraction of sp³-hybridized carbons (Fsp3) is 0.929. The number of esters is 1. The number of hydrogen-bond donors (Lipinski definition) is 1. The van der Waals surface area contributed by atoms with E-state index in [9.17, 15) is 13.2 Å². The van der Waals surface area contributed by atoms with Crippen LogP contribution >= 0.6 is 0 Å². The van der Waals surface area contributed by atoms with E-state index in [1.807, 2.05) is 6.92 Å². The third kappa shape index (κ3) is 3.57. The van der Waals surface area contributed by atoms with Crippen LogP contribution in [0.3, 0.4) is 0 Å². The van der Waals surface area contributed by atoms with Crippen LogP contribution in [0.5, 0.6) is 0 Å². The molecule has 1 heterocycles. The maximum atomic E-state index is 12.7. The molecule has 0 spiro atoms. The SMILES string of the molecule is COC(=O)C1(NS(=O)(=O)N2CCCC[C@@H]2C)CCCCC1. The molecular weight excluding hydrogens is 292 g/mol. The summed E-state index contributed by atoms with van der Waals surface area (Å²) in [4.78, 5) is 12.2. The van der Waals surface area contributed by atoms with Crippen LogP contribution in [0.1, 0.15) is 58.3 Å². The predicted molar refractivity (Wildman–Crippen MR) is 79.9 cm³/mol. The molecule has 1 saturated heterocycles. The van der Waals surface area contributed by atoms with Crippen molar-refractivity contribution in [3.05, 3.63) is 0 Å². The van der Waals surface area contributed by atoms with Crippen molar-refractivity contribution in [2.45, 2.75) is 69.9 Å². The zero-order valence-electron chi connectivity index (χ0n) is 12.9. The molecule has 1 saturated carbocycles. The molecule has 0 aromatic carbocycles. The van der Waals surface area contributed by atoms with Crippen molar-refractivity contribution in [2.75, 3.05) is 13.7 Å². The molecule has 0 aromatic rings. The van der Waals surface area contributed by atoms with Crippen LogP contribution in [-0.2, 0) is 19.7 Å². The Hall–Kier alpha value is -0.660. The van der Waals surface area contributed by atoms with E-state index < -0.39 is 21.7 Å². The van der Waals surface area contributed by atoms with Gasteiger partial charge in [-0.15, -0.1) is 0 Å². The van der Waals surface area contributed by atoms with Crippen LogP contribution in [0.4, 0.5) is 0 Å². The number of methoxy groups -OCH3 is 1. The number of ether oxygens (including phenoxy) is 1. The van der Waals surface area contributed by atoms with Crippen molar-refractivity contribution in [3.8, 4) is 0 Å². The minimum Gasteiger partial charge on any atom is -0.468 e. The third-order valence-corrected chi connectivity index (χ3v) is 6.47. The molecule has 1 aliphatic carbocycles. The van der Waals surface area contributed by atoms with Crippen LogP contribution in [0.2, 0.25) is 0 Å². The lowest BCUT2D eigenvalue weighted by Gasteiger charge is -2.39. The third-order valence-electron chi connectivity index (χ3n) is 4.66. The summed E-state index contributed by atoms with van der Waals surface area (Å²) in [5.74, 6) is -0.463. The summed E-state index contributed by atoms with van der Waals surface area (Å²) < 4.78 is 34.4. The zero-order chi connectivity index (χ0) is 15.5. The van der Waals surface area contributed by atoms with Crippen LogP contribution in [0.25, 0.3) is 0 Å². The van der Waals surface area contributed by atoms with Gasteiger partial charge in [0, 0.05) is 12.6 Å². The van der Waals surface area contributed by atoms with Gasteiger partial charge in [0.15, 0.2) is 0 Å². The Balaban J connectivity index is 2.20. The lowest BCUT2D eigenvalue weighted by Crippen LogP contribution is -2.60. The lowest BCUT2D eigenvalue weighted by molar-refractivity contribution is -0.149. The highest BCUT2D eigenvalue weighted by Crippen LogP contribution is 2.31. The molecule has 1 N–H and O–H groups in total. The van der Waals surface area contributed by atoms with Gasteiger partial charge < -0.3 is 4.74 Å². The first-order chi connectivity index (χ1) is 9.91. The molecule has 0 bridgehead atoms. The Morgan fingerprint density at radius 3 is 2.43 bits per heavy atom. The summed E-state index contributed by atoms with van der Waals surface area (Å²) in [6, 6.07) is -0.0189.